The summed E-state index contributed by atoms with van der Waals surface area (Å²) in [4.78, 5) is 10.9. The Balaban J connectivity index is 2.90. The van der Waals surface area contributed by atoms with Gasteiger partial charge in [-0.2, -0.15) is 0 Å². The van der Waals surface area contributed by atoms with Crippen LogP contribution < -0.4 is 16.2 Å². The molecule has 0 atom stereocenters. The quantitative estimate of drug-likeness (QED) is 0.388. The van der Waals surface area contributed by atoms with E-state index in [-0.39, 0.29) is 22.7 Å². The third-order valence-corrected chi connectivity index (χ3v) is 3.91. The van der Waals surface area contributed by atoms with Crippen LogP contribution in [0.4, 0.5) is 5.69 Å². The Morgan fingerprint density at radius 3 is 2.63 bits per heavy atom. The predicted molar refractivity (Wildman–Crippen MR) is 72.6 cm³/mol. The standard InChI is InChI=1S/C12H15N3O3S/c1-2-3-4-7-15-19(17,18)11-6-5-9(12(14)16)8-10(11)13/h1,5-6,8,15H,3-4,7,13H2,(H2,14,16). The molecule has 0 unspecified atom stereocenters. The molecule has 0 aliphatic carbocycles. The number of nitrogen functional groups attached to an aromatic ring is 1. The Morgan fingerprint density at radius 1 is 1.42 bits per heavy atom. The van der Waals surface area contributed by atoms with Crippen LogP contribution in [0.5, 0.6) is 0 Å². The lowest BCUT2D eigenvalue weighted by molar-refractivity contribution is 0.1000. The van der Waals surface area contributed by atoms with E-state index in [9.17, 15) is 13.2 Å². The van der Waals surface area contributed by atoms with Crippen molar-refractivity contribution in [1.29, 1.82) is 0 Å². The highest BCUT2D eigenvalue weighted by atomic mass is 32.2. The largest absolute Gasteiger partial charge is 0.398 e. The van der Waals surface area contributed by atoms with E-state index in [0.29, 0.717) is 12.8 Å². The summed E-state index contributed by atoms with van der Waals surface area (Å²) in [5, 5.41) is 0. The third kappa shape index (κ3) is 3.98. The summed E-state index contributed by atoms with van der Waals surface area (Å²) in [5.74, 6) is 1.75. The molecule has 1 rings (SSSR count). The van der Waals surface area contributed by atoms with Crippen LogP contribution in [0.25, 0.3) is 0 Å². The maximum Gasteiger partial charge on any atom is 0.248 e. The number of primary amides is 1. The molecule has 0 bridgehead atoms. The first-order chi connectivity index (χ1) is 8.88. The van der Waals surface area contributed by atoms with Gasteiger partial charge in [-0.15, -0.1) is 12.3 Å². The second-order valence-corrected chi connectivity index (χ2v) is 5.56. The number of rotatable bonds is 6. The molecule has 1 aromatic rings. The molecule has 1 amide bonds. The Hall–Kier alpha value is -2.04. The molecule has 7 heteroatoms. The smallest absolute Gasteiger partial charge is 0.248 e. The zero-order valence-electron chi connectivity index (χ0n) is 10.2. The highest BCUT2D eigenvalue weighted by Crippen LogP contribution is 2.19. The molecule has 0 saturated heterocycles. The van der Waals surface area contributed by atoms with Gasteiger partial charge >= 0.3 is 0 Å². The van der Waals surface area contributed by atoms with E-state index in [1.807, 2.05) is 0 Å². The van der Waals surface area contributed by atoms with Gasteiger partial charge in [-0.25, -0.2) is 13.1 Å². The average molecular weight is 281 g/mol. The highest BCUT2D eigenvalue weighted by molar-refractivity contribution is 7.89. The van der Waals surface area contributed by atoms with E-state index in [0.717, 1.165) is 0 Å². The highest BCUT2D eigenvalue weighted by Gasteiger charge is 2.17. The molecule has 0 aliphatic rings. The van der Waals surface area contributed by atoms with Gasteiger partial charge in [0.15, 0.2) is 0 Å². The van der Waals surface area contributed by atoms with Gasteiger partial charge in [0.1, 0.15) is 4.90 Å². The predicted octanol–water partition coefficient (Wildman–Crippen LogP) is 0.0594. The van der Waals surface area contributed by atoms with Crippen molar-refractivity contribution in [3.8, 4) is 12.3 Å². The fourth-order valence-electron chi connectivity index (χ4n) is 1.42. The van der Waals surface area contributed by atoms with Crippen molar-refractivity contribution >= 4 is 21.6 Å². The summed E-state index contributed by atoms with van der Waals surface area (Å²) in [7, 11) is -3.71. The topological polar surface area (TPSA) is 115 Å². The molecular weight excluding hydrogens is 266 g/mol. The fourth-order valence-corrected chi connectivity index (χ4v) is 2.61. The lowest BCUT2D eigenvalue weighted by Crippen LogP contribution is -2.25. The minimum Gasteiger partial charge on any atom is -0.398 e. The van der Waals surface area contributed by atoms with Crippen LogP contribution in [0, 0.1) is 12.3 Å². The summed E-state index contributed by atoms with van der Waals surface area (Å²) in [5.41, 5.74) is 10.8. The van der Waals surface area contributed by atoms with Gasteiger partial charge in [0, 0.05) is 18.5 Å². The number of amides is 1. The number of anilines is 1. The van der Waals surface area contributed by atoms with Gasteiger partial charge in [-0.3, -0.25) is 4.79 Å². The number of hydrogen-bond acceptors (Lipinski definition) is 4. The number of carbonyl (C=O) groups is 1. The molecule has 0 saturated carbocycles. The van der Waals surface area contributed by atoms with Crippen molar-refractivity contribution in [2.75, 3.05) is 12.3 Å². The maximum absolute atomic E-state index is 11.9. The number of carbonyl (C=O) groups excluding carboxylic acids is 1. The molecule has 0 aliphatic heterocycles. The number of unbranched alkanes of at least 4 members (excludes halogenated alkanes) is 1. The summed E-state index contributed by atoms with van der Waals surface area (Å²) >= 11 is 0. The van der Waals surface area contributed by atoms with E-state index in [1.54, 1.807) is 0 Å². The number of benzene rings is 1. The first-order valence-electron chi connectivity index (χ1n) is 5.51. The summed E-state index contributed by atoms with van der Waals surface area (Å²) < 4.78 is 26.3. The van der Waals surface area contributed by atoms with Crippen LogP contribution in [-0.2, 0) is 10.0 Å². The number of terminal acetylenes is 1. The van der Waals surface area contributed by atoms with Gasteiger partial charge in [-0.05, 0) is 24.6 Å². The number of sulfonamides is 1. The Morgan fingerprint density at radius 2 is 2.11 bits per heavy atom. The first-order valence-corrected chi connectivity index (χ1v) is 6.99. The Kier molecular flexibility index (Phi) is 4.92. The average Bonchev–Trinajstić information content (AvgIpc) is 2.34. The summed E-state index contributed by atoms with van der Waals surface area (Å²) in [6.45, 7) is 0.226. The summed E-state index contributed by atoms with van der Waals surface area (Å²) in [6.07, 6.45) is 6.09. The van der Waals surface area contributed by atoms with Gasteiger partial charge in [0.05, 0.1) is 5.69 Å². The normalized spacial score (nSPS) is 10.9. The van der Waals surface area contributed by atoms with Crippen molar-refractivity contribution in [1.82, 2.24) is 4.72 Å². The van der Waals surface area contributed by atoms with E-state index < -0.39 is 15.9 Å². The van der Waals surface area contributed by atoms with Crippen LogP contribution in [0.3, 0.4) is 0 Å². The van der Waals surface area contributed by atoms with Gasteiger partial charge in [0.25, 0.3) is 0 Å². The van der Waals surface area contributed by atoms with Gasteiger partial charge < -0.3 is 11.5 Å². The lowest BCUT2D eigenvalue weighted by atomic mass is 10.2. The van der Waals surface area contributed by atoms with E-state index in [2.05, 4.69) is 10.6 Å². The second-order valence-electron chi connectivity index (χ2n) is 3.82. The lowest BCUT2D eigenvalue weighted by Gasteiger charge is -2.09. The molecule has 0 fully saturated rings. The molecule has 1 aromatic carbocycles. The van der Waals surface area contributed by atoms with Crippen LogP contribution in [0.15, 0.2) is 23.1 Å². The fraction of sp³-hybridized carbons (Fsp3) is 0.250. The van der Waals surface area contributed by atoms with E-state index >= 15 is 0 Å². The number of hydrogen-bond donors (Lipinski definition) is 3. The van der Waals surface area contributed by atoms with Crippen LogP contribution in [0.2, 0.25) is 0 Å². The van der Waals surface area contributed by atoms with Crippen molar-refractivity contribution in [3.05, 3.63) is 23.8 Å². The molecule has 0 heterocycles. The van der Waals surface area contributed by atoms with Crippen LogP contribution >= 0.6 is 0 Å². The SMILES string of the molecule is C#CCCCNS(=O)(=O)c1ccc(C(N)=O)cc1N. The molecule has 19 heavy (non-hydrogen) atoms. The van der Waals surface area contributed by atoms with Gasteiger partial charge in [0.2, 0.25) is 15.9 Å². The maximum atomic E-state index is 11.9. The second kappa shape index (κ2) is 6.22. The zero-order valence-corrected chi connectivity index (χ0v) is 11.0. The molecular formula is C12H15N3O3S. The molecule has 0 radical (unpaired) electrons. The van der Waals surface area contributed by atoms with Crippen molar-refractivity contribution < 1.29 is 13.2 Å². The zero-order chi connectivity index (χ0) is 14.5. The Labute approximate surface area is 112 Å². The third-order valence-electron chi connectivity index (χ3n) is 2.37. The summed E-state index contributed by atoms with van der Waals surface area (Å²) in [6, 6.07) is 3.80. The number of nitrogens with one attached hydrogen (secondary N) is 1. The molecule has 0 spiro atoms. The first kappa shape index (κ1) is 15.0. The minimum absolute atomic E-state index is 0.0271. The molecule has 0 aromatic heterocycles. The molecule has 102 valence electrons. The van der Waals surface area contributed by atoms with Crippen LogP contribution in [-0.4, -0.2) is 20.9 Å². The van der Waals surface area contributed by atoms with Crippen LogP contribution in [0.1, 0.15) is 23.2 Å². The van der Waals surface area contributed by atoms with E-state index in [4.69, 9.17) is 17.9 Å². The Bertz CT molecular complexity index is 618. The minimum atomic E-state index is -3.71. The van der Waals surface area contributed by atoms with E-state index in [1.165, 1.54) is 18.2 Å². The number of nitrogens with two attached hydrogens (primary N) is 2. The van der Waals surface area contributed by atoms with Crippen molar-refractivity contribution in [3.63, 3.8) is 0 Å². The van der Waals surface area contributed by atoms with Gasteiger partial charge in [-0.1, -0.05) is 0 Å². The van der Waals surface area contributed by atoms with Crippen molar-refractivity contribution in [2.24, 2.45) is 5.73 Å². The molecule has 6 nitrogen and oxygen atoms in total. The molecule has 5 N–H and O–H groups in total. The van der Waals surface area contributed by atoms with Crippen molar-refractivity contribution in [2.45, 2.75) is 17.7 Å². The monoisotopic (exact) mass is 281 g/mol.